The first-order chi connectivity index (χ1) is 13.2. The average Bonchev–Trinajstić information content (AvgIpc) is 2.66. The van der Waals surface area contributed by atoms with E-state index in [0.29, 0.717) is 26.2 Å². The van der Waals surface area contributed by atoms with Gasteiger partial charge in [0.15, 0.2) is 0 Å². The molecule has 10 heteroatoms. The molecule has 28 heavy (non-hydrogen) atoms. The molecule has 0 unspecified atom stereocenters. The van der Waals surface area contributed by atoms with Crippen LogP contribution in [0.3, 0.4) is 0 Å². The lowest BCUT2D eigenvalue weighted by Crippen LogP contribution is -2.47. The topological polar surface area (TPSA) is 85.7 Å². The number of anilines is 1. The summed E-state index contributed by atoms with van der Waals surface area (Å²) in [5, 5.41) is 11.5. The Kier molecular flexibility index (Phi) is 6.87. The zero-order chi connectivity index (χ0) is 20.7. The van der Waals surface area contributed by atoms with Crippen molar-refractivity contribution in [2.45, 2.75) is 13.1 Å². The number of nitrogens with zero attached hydrogens (tertiary/aromatic N) is 3. The molecule has 1 aromatic carbocycles. The van der Waals surface area contributed by atoms with Crippen molar-refractivity contribution in [2.24, 2.45) is 0 Å². The number of halogens is 3. The molecule has 7 nitrogen and oxygen atoms in total. The molecule has 1 fully saturated rings. The van der Waals surface area contributed by atoms with Crippen LogP contribution in [0.4, 0.5) is 23.7 Å². The van der Waals surface area contributed by atoms with E-state index in [4.69, 9.17) is 4.74 Å². The predicted molar refractivity (Wildman–Crippen MR) is 93.9 cm³/mol. The molecule has 0 atom stereocenters. The quantitative estimate of drug-likeness (QED) is 0.625. The molecule has 0 radical (unpaired) electrons. The van der Waals surface area contributed by atoms with Crippen molar-refractivity contribution < 1.29 is 27.5 Å². The Morgan fingerprint density at radius 1 is 1.29 bits per heavy atom. The van der Waals surface area contributed by atoms with E-state index in [0.717, 1.165) is 12.1 Å². The van der Waals surface area contributed by atoms with Gasteiger partial charge in [-0.3, -0.25) is 4.79 Å². The molecule has 0 aromatic heterocycles. The molecule has 2 amide bonds. The summed E-state index contributed by atoms with van der Waals surface area (Å²) in [6.07, 6.45) is -3.62. The Bertz CT molecular complexity index is 794. The van der Waals surface area contributed by atoms with E-state index in [2.05, 4.69) is 5.32 Å². The number of hydrogen-bond acceptors (Lipinski definition) is 5. The number of alkyl halides is 3. The molecule has 1 N–H and O–H groups in total. The summed E-state index contributed by atoms with van der Waals surface area (Å²) in [6.45, 7) is 3.49. The number of ether oxygens (including phenoxy) is 1. The lowest BCUT2D eigenvalue weighted by molar-refractivity contribution is -0.137. The van der Waals surface area contributed by atoms with Crippen LogP contribution in [0.1, 0.15) is 12.5 Å². The minimum atomic E-state index is -4.53. The number of amides is 2. The summed E-state index contributed by atoms with van der Waals surface area (Å²) < 4.78 is 43.2. The largest absolute Gasteiger partial charge is 0.450 e. The average molecular weight is 396 g/mol. The Morgan fingerprint density at radius 3 is 2.54 bits per heavy atom. The molecule has 0 aliphatic carbocycles. The van der Waals surface area contributed by atoms with Gasteiger partial charge in [0, 0.05) is 38.1 Å². The molecule has 2 rings (SSSR count). The Labute approximate surface area is 160 Å². The minimum Gasteiger partial charge on any atom is -0.450 e. The first-order valence-electron chi connectivity index (χ1n) is 8.51. The summed E-state index contributed by atoms with van der Waals surface area (Å²) in [4.78, 5) is 27.1. The fraction of sp³-hybridized carbons (Fsp3) is 0.389. The zero-order valence-electron chi connectivity index (χ0n) is 15.1. The molecular formula is C18H19F3N4O3. The van der Waals surface area contributed by atoms with Crippen molar-refractivity contribution in [2.75, 3.05) is 38.1 Å². The van der Waals surface area contributed by atoms with E-state index < -0.39 is 23.7 Å². The second kappa shape index (κ2) is 9.12. The van der Waals surface area contributed by atoms with Gasteiger partial charge >= 0.3 is 12.3 Å². The van der Waals surface area contributed by atoms with Gasteiger partial charge in [-0.25, -0.2) is 4.79 Å². The summed E-state index contributed by atoms with van der Waals surface area (Å²) in [7, 11) is 0. The van der Waals surface area contributed by atoms with E-state index >= 15 is 0 Å². The number of piperazine rings is 1. The first-order valence-corrected chi connectivity index (χ1v) is 8.51. The number of carbonyl (C=O) groups excluding carboxylic acids is 2. The van der Waals surface area contributed by atoms with Gasteiger partial charge in [-0.2, -0.15) is 18.4 Å². The van der Waals surface area contributed by atoms with Gasteiger partial charge in [0.2, 0.25) is 0 Å². The third-order valence-electron chi connectivity index (χ3n) is 3.96. The van der Waals surface area contributed by atoms with E-state index in [1.807, 2.05) is 0 Å². The number of nitrogens with one attached hydrogen (secondary N) is 1. The maximum Gasteiger partial charge on any atom is 0.416 e. The van der Waals surface area contributed by atoms with Crippen LogP contribution in [0.5, 0.6) is 0 Å². The van der Waals surface area contributed by atoms with Crippen molar-refractivity contribution in [3.8, 4) is 6.07 Å². The van der Waals surface area contributed by atoms with Crippen LogP contribution in [0, 0.1) is 11.3 Å². The number of rotatable bonds is 4. The molecule has 0 spiro atoms. The van der Waals surface area contributed by atoms with Crippen molar-refractivity contribution in [1.82, 2.24) is 9.80 Å². The molecule has 1 saturated heterocycles. The molecule has 150 valence electrons. The van der Waals surface area contributed by atoms with Gasteiger partial charge in [0.1, 0.15) is 11.6 Å². The van der Waals surface area contributed by atoms with Crippen LogP contribution in [0.25, 0.3) is 0 Å². The van der Waals surface area contributed by atoms with Crippen molar-refractivity contribution in [1.29, 1.82) is 5.26 Å². The highest BCUT2D eigenvalue weighted by Gasteiger charge is 2.30. The lowest BCUT2D eigenvalue weighted by Gasteiger charge is -2.33. The Hall–Kier alpha value is -3.22. The molecular weight excluding hydrogens is 377 g/mol. The van der Waals surface area contributed by atoms with Gasteiger partial charge in [-0.1, -0.05) is 6.07 Å². The molecule has 1 aliphatic rings. The lowest BCUT2D eigenvalue weighted by atomic mass is 10.2. The minimum absolute atomic E-state index is 0.0619. The van der Waals surface area contributed by atoms with Crippen LogP contribution < -0.4 is 5.32 Å². The molecule has 1 aliphatic heterocycles. The normalized spacial score (nSPS) is 15.0. The number of hydrogen-bond donors (Lipinski definition) is 1. The van der Waals surface area contributed by atoms with Crippen LogP contribution in [-0.2, 0) is 15.7 Å². The fourth-order valence-corrected chi connectivity index (χ4v) is 2.54. The van der Waals surface area contributed by atoms with Gasteiger partial charge < -0.3 is 19.9 Å². The van der Waals surface area contributed by atoms with Crippen molar-refractivity contribution in [3.05, 3.63) is 41.6 Å². The third kappa shape index (κ3) is 5.64. The summed E-state index contributed by atoms with van der Waals surface area (Å²) >= 11 is 0. The number of carbonyl (C=O) groups is 2. The van der Waals surface area contributed by atoms with Gasteiger partial charge in [0.05, 0.1) is 12.2 Å². The summed E-state index contributed by atoms with van der Waals surface area (Å²) in [5.74, 6) is -0.811. The smallest absolute Gasteiger partial charge is 0.416 e. The Balaban J connectivity index is 2.01. The highest BCUT2D eigenvalue weighted by atomic mass is 19.4. The fourth-order valence-electron chi connectivity index (χ4n) is 2.54. The maximum atomic E-state index is 12.8. The van der Waals surface area contributed by atoms with Gasteiger partial charge in [-0.15, -0.1) is 0 Å². The number of benzene rings is 1. The third-order valence-corrected chi connectivity index (χ3v) is 3.96. The highest BCUT2D eigenvalue weighted by molar-refractivity contribution is 6.06. The van der Waals surface area contributed by atoms with E-state index in [1.54, 1.807) is 17.9 Å². The summed E-state index contributed by atoms with van der Waals surface area (Å²) in [6, 6.07) is 5.91. The first kappa shape index (κ1) is 21.1. The van der Waals surface area contributed by atoms with Crippen LogP contribution in [0.15, 0.2) is 36.0 Å². The highest BCUT2D eigenvalue weighted by Crippen LogP contribution is 2.30. The van der Waals surface area contributed by atoms with Gasteiger partial charge in [0.25, 0.3) is 5.91 Å². The molecule has 0 saturated carbocycles. The molecule has 1 heterocycles. The second-order valence-corrected chi connectivity index (χ2v) is 5.91. The SMILES string of the molecule is CCOC(=O)N1CCN(/C=C(/C#N)C(=O)Nc2cccc(C(F)(F)F)c2)CC1. The van der Waals surface area contributed by atoms with Crippen LogP contribution >= 0.6 is 0 Å². The second-order valence-electron chi connectivity index (χ2n) is 5.91. The van der Waals surface area contributed by atoms with E-state index in [1.165, 1.54) is 23.2 Å². The van der Waals surface area contributed by atoms with E-state index in [9.17, 15) is 28.0 Å². The molecule has 1 aromatic rings. The number of nitriles is 1. The molecule has 0 bridgehead atoms. The van der Waals surface area contributed by atoms with E-state index in [-0.39, 0.29) is 17.9 Å². The van der Waals surface area contributed by atoms with Crippen LogP contribution in [-0.4, -0.2) is 54.6 Å². The Morgan fingerprint density at radius 2 is 1.96 bits per heavy atom. The zero-order valence-corrected chi connectivity index (χ0v) is 15.1. The van der Waals surface area contributed by atoms with Crippen molar-refractivity contribution >= 4 is 17.7 Å². The standard InChI is InChI=1S/C18H19F3N4O3/c1-2-28-17(27)25-8-6-24(7-9-25)12-13(11-22)16(26)23-15-5-3-4-14(10-15)18(19,20)21/h3-5,10,12H,2,6-9H2,1H3,(H,23,26)/b13-12-. The van der Waals surface area contributed by atoms with Crippen LogP contribution in [0.2, 0.25) is 0 Å². The van der Waals surface area contributed by atoms with Gasteiger partial charge in [-0.05, 0) is 25.1 Å². The van der Waals surface area contributed by atoms with Crippen molar-refractivity contribution in [3.63, 3.8) is 0 Å². The maximum absolute atomic E-state index is 12.8. The predicted octanol–water partition coefficient (Wildman–Crippen LogP) is 2.83. The summed E-state index contributed by atoms with van der Waals surface area (Å²) in [5.41, 5.74) is -1.21. The monoisotopic (exact) mass is 396 g/mol.